The predicted octanol–water partition coefficient (Wildman–Crippen LogP) is 3.84. The lowest BCUT2D eigenvalue weighted by atomic mass is 9.89. The molecule has 2 fully saturated rings. The number of hydrogen-bond donors (Lipinski definition) is 1. The molecular formula is C21H24N2O2. The molecule has 0 aromatic heterocycles. The topological polar surface area (TPSA) is 41.6 Å². The number of amides is 1. The summed E-state index contributed by atoms with van der Waals surface area (Å²) in [6.45, 7) is 1.90. The van der Waals surface area contributed by atoms with Gasteiger partial charge in [0.25, 0.3) is 5.91 Å². The zero-order valence-electron chi connectivity index (χ0n) is 14.4. The predicted molar refractivity (Wildman–Crippen MR) is 98.0 cm³/mol. The van der Waals surface area contributed by atoms with Crippen molar-refractivity contribution in [3.8, 4) is 11.5 Å². The second-order valence-electron chi connectivity index (χ2n) is 6.89. The van der Waals surface area contributed by atoms with Crippen molar-refractivity contribution >= 4 is 5.91 Å². The molecule has 0 unspecified atom stereocenters. The molecule has 1 N–H and O–H groups in total. The maximum absolute atomic E-state index is 13.2. The molecule has 1 amide bonds. The maximum Gasteiger partial charge on any atom is 0.254 e. The Morgan fingerprint density at radius 1 is 0.960 bits per heavy atom. The van der Waals surface area contributed by atoms with Crippen LogP contribution in [-0.4, -0.2) is 36.0 Å². The Labute approximate surface area is 148 Å². The smallest absolute Gasteiger partial charge is 0.254 e. The Morgan fingerprint density at radius 3 is 2.44 bits per heavy atom. The summed E-state index contributed by atoms with van der Waals surface area (Å²) in [6.07, 6.45) is 4.53. The molecule has 0 radical (unpaired) electrons. The molecule has 1 heterocycles. The third-order valence-corrected chi connectivity index (χ3v) is 5.19. The van der Waals surface area contributed by atoms with E-state index in [-0.39, 0.29) is 5.91 Å². The quantitative estimate of drug-likeness (QED) is 0.902. The molecule has 4 heteroatoms. The summed E-state index contributed by atoms with van der Waals surface area (Å²) in [4.78, 5) is 15.3. The summed E-state index contributed by atoms with van der Waals surface area (Å²) in [5, 5.41) is 3.39. The average molecular weight is 336 g/mol. The molecule has 2 aromatic carbocycles. The number of benzene rings is 2. The van der Waals surface area contributed by atoms with Crippen molar-refractivity contribution in [2.75, 3.05) is 13.1 Å². The molecule has 0 bridgehead atoms. The first kappa shape index (κ1) is 16.2. The Kier molecular flexibility index (Phi) is 4.70. The van der Waals surface area contributed by atoms with Crippen LogP contribution in [-0.2, 0) is 0 Å². The van der Waals surface area contributed by atoms with Crippen LogP contribution in [0.25, 0.3) is 0 Å². The first-order chi connectivity index (χ1) is 12.3. The van der Waals surface area contributed by atoms with E-state index in [1.807, 2.05) is 54.6 Å². The van der Waals surface area contributed by atoms with Crippen LogP contribution in [0.2, 0.25) is 0 Å². The summed E-state index contributed by atoms with van der Waals surface area (Å²) < 4.78 is 5.89. The van der Waals surface area contributed by atoms with Crippen LogP contribution in [0.1, 0.15) is 36.0 Å². The Bertz CT molecular complexity index is 722. The van der Waals surface area contributed by atoms with E-state index in [1.165, 1.54) is 6.42 Å². The largest absolute Gasteiger partial charge is 0.457 e. The van der Waals surface area contributed by atoms with Gasteiger partial charge in [-0.15, -0.1) is 0 Å². The minimum atomic E-state index is 0.136. The van der Waals surface area contributed by atoms with Crippen LogP contribution in [0.4, 0.5) is 0 Å². The molecule has 4 rings (SSSR count). The zero-order valence-corrected chi connectivity index (χ0v) is 14.4. The number of ether oxygens (including phenoxy) is 1. The van der Waals surface area contributed by atoms with E-state index in [0.717, 1.165) is 38.1 Å². The molecule has 1 aliphatic carbocycles. The third-order valence-electron chi connectivity index (χ3n) is 5.19. The highest BCUT2D eigenvalue weighted by Gasteiger charge is 2.35. The van der Waals surface area contributed by atoms with Gasteiger partial charge in [-0.3, -0.25) is 4.79 Å². The summed E-state index contributed by atoms with van der Waals surface area (Å²) in [5.41, 5.74) is 0.715. The monoisotopic (exact) mass is 336 g/mol. The summed E-state index contributed by atoms with van der Waals surface area (Å²) in [7, 11) is 0. The molecule has 2 aromatic rings. The Hall–Kier alpha value is -2.33. The molecule has 1 saturated carbocycles. The van der Waals surface area contributed by atoms with Gasteiger partial charge >= 0.3 is 0 Å². The number of hydrogen-bond acceptors (Lipinski definition) is 3. The highest BCUT2D eigenvalue weighted by molar-refractivity contribution is 5.95. The van der Waals surface area contributed by atoms with Crippen LogP contribution in [0, 0.1) is 0 Å². The number of nitrogens with one attached hydrogen (secondary N) is 1. The van der Waals surface area contributed by atoms with E-state index in [1.54, 1.807) is 0 Å². The molecular weight excluding hydrogens is 312 g/mol. The van der Waals surface area contributed by atoms with Gasteiger partial charge in [0, 0.05) is 24.2 Å². The standard InChI is InChI=1S/C21H24N2O2/c24-21(23(17-7-5-8-17)18-12-13-22-15-18)16-6-4-11-20(14-16)25-19-9-2-1-3-10-19/h1-4,6,9-11,14,17-18,22H,5,7-8,12-13,15H2/t18-/m0/s1. The van der Waals surface area contributed by atoms with Gasteiger partial charge in [-0.25, -0.2) is 0 Å². The van der Waals surface area contributed by atoms with E-state index < -0.39 is 0 Å². The van der Waals surface area contributed by atoms with Crippen LogP contribution >= 0.6 is 0 Å². The van der Waals surface area contributed by atoms with Crippen molar-refractivity contribution < 1.29 is 9.53 Å². The molecule has 0 spiro atoms. The lowest BCUT2D eigenvalue weighted by Gasteiger charge is -2.41. The van der Waals surface area contributed by atoms with E-state index in [2.05, 4.69) is 10.2 Å². The lowest BCUT2D eigenvalue weighted by molar-refractivity contribution is 0.0465. The second kappa shape index (κ2) is 7.28. The molecule has 1 atom stereocenters. The molecule has 1 saturated heterocycles. The fraction of sp³-hybridized carbons (Fsp3) is 0.381. The van der Waals surface area contributed by atoms with Gasteiger partial charge in [0.2, 0.25) is 0 Å². The van der Waals surface area contributed by atoms with Crippen molar-refractivity contribution in [1.82, 2.24) is 10.2 Å². The van der Waals surface area contributed by atoms with Gasteiger partial charge < -0.3 is 15.0 Å². The third kappa shape index (κ3) is 3.54. The van der Waals surface area contributed by atoms with Crippen molar-refractivity contribution in [1.29, 1.82) is 0 Å². The second-order valence-corrected chi connectivity index (χ2v) is 6.89. The van der Waals surface area contributed by atoms with Gasteiger partial charge in [-0.2, -0.15) is 0 Å². The van der Waals surface area contributed by atoms with Crippen molar-refractivity contribution in [3.05, 3.63) is 60.2 Å². The van der Waals surface area contributed by atoms with Crippen molar-refractivity contribution in [2.45, 2.75) is 37.8 Å². The van der Waals surface area contributed by atoms with E-state index >= 15 is 0 Å². The summed E-state index contributed by atoms with van der Waals surface area (Å²) in [6, 6.07) is 17.9. The molecule has 2 aliphatic rings. The zero-order chi connectivity index (χ0) is 17.1. The first-order valence-electron chi connectivity index (χ1n) is 9.17. The average Bonchev–Trinajstić information content (AvgIpc) is 3.12. The number of rotatable bonds is 5. The Balaban J connectivity index is 1.55. The number of nitrogens with zero attached hydrogens (tertiary/aromatic N) is 1. The lowest BCUT2D eigenvalue weighted by Crippen LogP contribution is -2.50. The van der Waals surface area contributed by atoms with Crippen molar-refractivity contribution in [3.63, 3.8) is 0 Å². The fourth-order valence-electron chi connectivity index (χ4n) is 3.64. The highest BCUT2D eigenvalue weighted by Crippen LogP contribution is 2.30. The van der Waals surface area contributed by atoms with Gasteiger partial charge in [-0.1, -0.05) is 24.3 Å². The van der Waals surface area contributed by atoms with Crippen LogP contribution < -0.4 is 10.1 Å². The number of carbonyl (C=O) groups is 1. The summed E-state index contributed by atoms with van der Waals surface area (Å²) in [5.74, 6) is 1.62. The van der Waals surface area contributed by atoms with Gasteiger partial charge in [0.05, 0.1) is 0 Å². The molecule has 1 aliphatic heterocycles. The van der Waals surface area contributed by atoms with Gasteiger partial charge in [-0.05, 0) is 62.6 Å². The minimum Gasteiger partial charge on any atom is -0.457 e. The number of para-hydroxylation sites is 1. The minimum absolute atomic E-state index is 0.136. The number of carbonyl (C=O) groups excluding carboxylic acids is 1. The fourth-order valence-corrected chi connectivity index (χ4v) is 3.64. The highest BCUT2D eigenvalue weighted by atomic mass is 16.5. The van der Waals surface area contributed by atoms with Crippen LogP contribution in [0.5, 0.6) is 11.5 Å². The normalized spacial score (nSPS) is 20.1. The van der Waals surface area contributed by atoms with Crippen LogP contribution in [0.15, 0.2) is 54.6 Å². The molecule has 130 valence electrons. The SMILES string of the molecule is O=C(c1cccc(Oc2ccccc2)c1)N(C1CCC1)[C@H]1CCNC1. The Morgan fingerprint density at radius 2 is 1.76 bits per heavy atom. The van der Waals surface area contributed by atoms with Crippen molar-refractivity contribution in [2.24, 2.45) is 0 Å². The molecule has 25 heavy (non-hydrogen) atoms. The first-order valence-corrected chi connectivity index (χ1v) is 9.17. The summed E-state index contributed by atoms with van der Waals surface area (Å²) >= 11 is 0. The van der Waals surface area contributed by atoms with E-state index in [9.17, 15) is 4.79 Å². The van der Waals surface area contributed by atoms with Gasteiger partial charge in [0.1, 0.15) is 11.5 Å². The molecule has 4 nitrogen and oxygen atoms in total. The van der Waals surface area contributed by atoms with Crippen LogP contribution in [0.3, 0.4) is 0 Å². The maximum atomic E-state index is 13.2. The van der Waals surface area contributed by atoms with Gasteiger partial charge in [0.15, 0.2) is 0 Å². The van der Waals surface area contributed by atoms with E-state index in [4.69, 9.17) is 4.74 Å². The van der Waals surface area contributed by atoms with E-state index in [0.29, 0.717) is 23.4 Å².